The van der Waals surface area contributed by atoms with Gasteiger partial charge in [0.05, 0.1) is 25.1 Å². The summed E-state index contributed by atoms with van der Waals surface area (Å²) in [6.45, 7) is 3.51. The van der Waals surface area contributed by atoms with Crippen LogP contribution in [-0.4, -0.2) is 29.4 Å². The van der Waals surface area contributed by atoms with E-state index in [0.717, 1.165) is 5.56 Å². The lowest BCUT2D eigenvalue weighted by Gasteiger charge is -2.05. The fraction of sp³-hybridized carbons (Fsp3) is 0.294. The molecule has 2 amide bonds. The number of anilines is 2. The minimum atomic E-state index is -0.343. The molecule has 0 bridgehead atoms. The molecule has 2 rings (SSSR count). The molecule has 2 N–H and O–H groups in total. The van der Waals surface area contributed by atoms with Crippen LogP contribution >= 0.6 is 11.3 Å². The van der Waals surface area contributed by atoms with E-state index in [9.17, 15) is 14.4 Å². The van der Waals surface area contributed by atoms with Crippen LogP contribution in [0.15, 0.2) is 29.6 Å². The topological polar surface area (TPSA) is 97.4 Å². The van der Waals surface area contributed by atoms with Gasteiger partial charge >= 0.3 is 5.97 Å². The minimum absolute atomic E-state index is 0.0881. The third-order valence-electron chi connectivity index (χ3n) is 3.07. The number of carbonyl (C=O) groups excluding carboxylic acids is 3. The first-order chi connectivity index (χ1) is 12.0. The summed E-state index contributed by atoms with van der Waals surface area (Å²) in [5.41, 5.74) is 2.06. The standard InChI is InChI=1S/C17H19N3O4S/c1-3-24-16(23)9-14-10-25-17(19-14)20-15(22)8-12-4-6-13(7-5-12)18-11(2)21/h4-7,10H,3,8-9H2,1-2H3,(H,18,21)(H,19,20,22). The van der Waals surface area contributed by atoms with Crippen LogP contribution in [0.25, 0.3) is 0 Å². The zero-order valence-corrected chi connectivity index (χ0v) is 14.8. The minimum Gasteiger partial charge on any atom is -0.466 e. The van der Waals surface area contributed by atoms with Crippen molar-refractivity contribution in [1.29, 1.82) is 0 Å². The number of benzene rings is 1. The molecular weight excluding hydrogens is 342 g/mol. The summed E-state index contributed by atoms with van der Waals surface area (Å²) in [6.07, 6.45) is 0.276. The number of amides is 2. The van der Waals surface area contributed by atoms with Crippen molar-refractivity contribution in [3.63, 3.8) is 0 Å². The SMILES string of the molecule is CCOC(=O)Cc1csc(NC(=O)Cc2ccc(NC(C)=O)cc2)n1. The van der Waals surface area contributed by atoms with Gasteiger partial charge in [-0.15, -0.1) is 11.3 Å². The molecule has 0 atom stereocenters. The Balaban J connectivity index is 1.86. The van der Waals surface area contributed by atoms with E-state index in [1.54, 1.807) is 36.6 Å². The Morgan fingerprint density at radius 1 is 1.12 bits per heavy atom. The molecule has 0 spiro atoms. The molecule has 1 aromatic heterocycles. The Bertz CT molecular complexity index is 756. The maximum Gasteiger partial charge on any atom is 0.311 e. The Morgan fingerprint density at radius 2 is 1.84 bits per heavy atom. The molecular formula is C17H19N3O4S. The van der Waals surface area contributed by atoms with Crippen LogP contribution < -0.4 is 10.6 Å². The highest BCUT2D eigenvalue weighted by Gasteiger charge is 2.11. The quantitative estimate of drug-likeness (QED) is 0.738. The lowest BCUT2D eigenvalue weighted by Crippen LogP contribution is -2.14. The van der Waals surface area contributed by atoms with Gasteiger partial charge in [0.25, 0.3) is 0 Å². The molecule has 0 unspecified atom stereocenters. The first-order valence-electron chi connectivity index (χ1n) is 7.72. The Kier molecular flexibility index (Phi) is 6.64. The molecule has 2 aromatic rings. The highest BCUT2D eigenvalue weighted by Crippen LogP contribution is 2.17. The predicted octanol–water partition coefficient (Wildman–Crippen LogP) is 2.39. The lowest BCUT2D eigenvalue weighted by molar-refractivity contribution is -0.142. The van der Waals surface area contributed by atoms with Crippen LogP contribution in [0.3, 0.4) is 0 Å². The molecule has 132 valence electrons. The summed E-state index contributed by atoms with van der Waals surface area (Å²) in [6, 6.07) is 7.04. The summed E-state index contributed by atoms with van der Waals surface area (Å²) in [5, 5.41) is 7.54. The maximum absolute atomic E-state index is 12.1. The van der Waals surface area contributed by atoms with Gasteiger partial charge in [-0.05, 0) is 24.6 Å². The molecule has 0 aliphatic carbocycles. The van der Waals surface area contributed by atoms with E-state index >= 15 is 0 Å². The first-order valence-corrected chi connectivity index (χ1v) is 8.60. The summed E-state index contributed by atoms with van der Waals surface area (Å²) in [4.78, 5) is 38.7. The van der Waals surface area contributed by atoms with Crippen LogP contribution in [0.4, 0.5) is 10.8 Å². The Morgan fingerprint density at radius 3 is 2.48 bits per heavy atom. The maximum atomic E-state index is 12.1. The van der Waals surface area contributed by atoms with E-state index < -0.39 is 0 Å². The van der Waals surface area contributed by atoms with Gasteiger partial charge in [-0.25, -0.2) is 4.98 Å². The molecule has 7 nitrogen and oxygen atoms in total. The van der Waals surface area contributed by atoms with Gasteiger partial charge < -0.3 is 15.4 Å². The molecule has 0 aliphatic heterocycles. The number of ether oxygens (including phenoxy) is 1. The Hall–Kier alpha value is -2.74. The number of nitrogens with one attached hydrogen (secondary N) is 2. The van der Waals surface area contributed by atoms with E-state index in [2.05, 4.69) is 15.6 Å². The van der Waals surface area contributed by atoms with E-state index in [1.807, 2.05) is 0 Å². The zero-order chi connectivity index (χ0) is 18.2. The molecule has 0 radical (unpaired) electrons. The van der Waals surface area contributed by atoms with E-state index in [1.165, 1.54) is 18.3 Å². The second-order valence-electron chi connectivity index (χ2n) is 5.23. The molecule has 0 saturated heterocycles. The number of hydrogen-bond acceptors (Lipinski definition) is 6. The normalized spacial score (nSPS) is 10.2. The second-order valence-corrected chi connectivity index (χ2v) is 6.09. The van der Waals surface area contributed by atoms with Crippen molar-refractivity contribution < 1.29 is 19.1 Å². The number of carbonyl (C=O) groups is 3. The highest BCUT2D eigenvalue weighted by atomic mass is 32.1. The van der Waals surface area contributed by atoms with Crippen molar-refractivity contribution in [3.05, 3.63) is 40.9 Å². The van der Waals surface area contributed by atoms with Gasteiger partial charge in [-0.1, -0.05) is 12.1 Å². The molecule has 0 saturated carbocycles. The average Bonchev–Trinajstić information content (AvgIpc) is 2.95. The van der Waals surface area contributed by atoms with Gasteiger partial charge in [0.15, 0.2) is 5.13 Å². The first kappa shape index (κ1) is 18.6. The van der Waals surface area contributed by atoms with Crippen LogP contribution in [0.1, 0.15) is 25.1 Å². The van der Waals surface area contributed by atoms with Crippen LogP contribution in [0.5, 0.6) is 0 Å². The molecule has 0 aliphatic rings. The van der Waals surface area contributed by atoms with Crippen molar-refractivity contribution in [2.24, 2.45) is 0 Å². The van der Waals surface area contributed by atoms with Gasteiger partial charge in [0, 0.05) is 18.0 Å². The smallest absolute Gasteiger partial charge is 0.311 e. The van der Waals surface area contributed by atoms with Crippen LogP contribution in [0, 0.1) is 0 Å². The van der Waals surface area contributed by atoms with Gasteiger partial charge in [-0.3, -0.25) is 14.4 Å². The fourth-order valence-corrected chi connectivity index (χ4v) is 2.79. The summed E-state index contributed by atoms with van der Waals surface area (Å²) < 4.78 is 4.86. The third kappa shape index (κ3) is 6.34. The van der Waals surface area contributed by atoms with Crippen LogP contribution in [0.2, 0.25) is 0 Å². The molecule has 1 aromatic carbocycles. The molecule has 25 heavy (non-hydrogen) atoms. The molecule has 0 fully saturated rings. The number of esters is 1. The summed E-state index contributed by atoms with van der Waals surface area (Å²) in [7, 11) is 0. The van der Waals surface area contributed by atoms with Crippen LogP contribution in [-0.2, 0) is 32.0 Å². The fourth-order valence-electron chi connectivity index (χ4n) is 2.06. The second kappa shape index (κ2) is 8.93. The van der Waals surface area contributed by atoms with Crippen molar-refractivity contribution in [2.45, 2.75) is 26.7 Å². The highest BCUT2D eigenvalue weighted by molar-refractivity contribution is 7.13. The van der Waals surface area contributed by atoms with Gasteiger partial charge in [0.1, 0.15) is 0 Å². The molecule has 8 heteroatoms. The van der Waals surface area contributed by atoms with E-state index in [0.29, 0.717) is 23.1 Å². The largest absolute Gasteiger partial charge is 0.466 e. The lowest BCUT2D eigenvalue weighted by atomic mass is 10.1. The average molecular weight is 361 g/mol. The van der Waals surface area contributed by atoms with Crippen molar-refractivity contribution in [2.75, 3.05) is 17.2 Å². The van der Waals surface area contributed by atoms with Crippen molar-refractivity contribution in [1.82, 2.24) is 4.98 Å². The van der Waals surface area contributed by atoms with Gasteiger partial charge in [0.2, 0.25) is 11.8 Å². The van der Waals surface area contributed by atoms with Crippen molar-refractivity contribution in [3.8, 4) is 0 Å². The van der Waals surface area contributed by atoms with Gasteiger partial charge in [-0.2, -0.15) is 0 Å². The monoisotopic (exact) mass is 361 g/mol. The summed E-state index contributed by atoms with van der Waals surface area (Å²) in [5.74, 6) is -0.692. The predicted molar refractivity (Wildman–Crippen MR) is 95.5 cm³/mol. The molecule has 1 heterocycles. The zero-order valence-electron chi connectivity index (χ0n) is 14.0. The Labute approximate surface area is 149 Å². The number of aromatic nitrogens is 1. The van der Waals surface area contributed by atoms with E-state index in [-0.39, 0.29) is 30.6 Å². The number of nitrogens with zero attached hydrogens (tertiary/aromatic N) is 1. The number of rotatable bonds is 7. The van der Waals surface area contributed by atoms with Crippen molar-refractivity contribution >= 4 is 39.9 Å². The number of thiazole rings is 1. The van der Waals surface area contributed by atoms with E-state index in [4.69, 9.17) is 4.74 Å². The summed E-state index contributed by atoms with van der Waals surface area (Å²) >= 11 is 1.26. The number of hydrogen-bond donors (Lipinski definition) is 2. The third-order valence-corrected chi connectivity index (χ3v) is 3.87.